The first kappa shape index (κ1) is 21.7. The number of rotatable bonds is 6. The van der Waals surface area contributed by atoms with Crippen LogP contribution in [0.25, 0.3) is 0 Å². The van der Waals surface area contributed by atoms with Crippen LogP contribution in [-0.4, -0.2) is 40.6 Å². The van der Waals surface area contributed by atoms with E-state index in [1.807, 2.05) is 0 Å². The number of thioether (sulfide) groups is 1. The summed E-state index contributed by atoms with van der Waals surface area (Å²) >= 11 is 1.47. The van der Waals surface area contributed by atoms with Gasteiger partial charge >= 0.3 is 0 Å². The van der Waals surface area contributed by atoms with Crippen LogP contribution in [0.5, 0.6) is 0 Å². The van der Waals surface area contributed by atoms with Gasteiger partial charge in [0.2, 0.25) is 0 Å². The summed E-state index contributed by atoms with van der Waals surface area (Å²) in [6.45, 7) is 5.42. The zero-order valence-corrected chi connectivity index (χ0v) is 16.3. The van der Waals surface area contributed by atoms with Gasteiger partial charge in [0.1, 0.15) is 0 Å². The highest BCUT2D eigenvalue weighted by Gasteiger charge is 2.24. The summed E-state index contributed by atoms with van der Waals surface area (Å²) < 4.78 is 0. The van der Waals surface area contributed by atoms with E-state index < -0.39 is 4.92 Å². The molecule has 2 rings (SSSR count). The first-order chi connectivity index (χ1) is 11.4. The monoisotopic (exact) mass is 387 g/mol. The number of halogens is 1. The van der Waals surface area contributed by atoms with Gasteiger partial charge in [0.15, 0.2) is 0 Å². The fraction of sp³-hybridized carbons (Fsp3) is 0.588. The summed E-state index contributed by atoms with van der Waals surface area (Å²) in [6.07, 6.45) is 2.78. The molecule has 0 aromatic heterocycles. The first-order valence-electron chi connectivity index (χ1n) is 8.34. The van der Waals surface area contributed by atoms with Crippen LogP contribution in [0, 0.1) is 16.0 Å². The van der Waals surface area contributed by atoms with E-state index in [0.717, 1.165) is 25.0 Å². The van der Waals surface area contributed by atoms with Gasteiger partial charge in [-0.15, -0.1) is 24.2 Å². The van der Waals surface area contributed by atoms with Gasteiger partial charge in [0.05, 0.1) is 9.82 Å². The van der Waals surface area contributed by atoms with Crippen molar-refractivity contribution < 1.29 is 9.72 Å². The molecule has 140 valence electrons. The average molecular weight is 388 g/mol. The van der Waals surface area contributed by atoms with E-state index in [4.69, 9.17) is 5.73 Å². The van der Waals surface area contributed by atoms with Crippen molar-refractivity contribution in [1.29, 1.82) is 0 Å². The minimum Gasteiger partial charge on any atom is -0.337 e. The molecule has 0 saturated carbocycles. The lowest BCUT2D eigenvalue weighted by Gasteiger charge is -2.30. The van der Waals surface area contributed by atoms with Gasteiger partial charge in [-0.25, -0.2) is 0 Å². The fourth-order valence-corrected chi connectivity index (χ4v) is 3.95. The van der Waals surface area contributed by atoms with Crippen molar-refractivity contribution in [2.24, 2.45) is 11.7 Å². The molecule has 1 aromatic carbocycles. The molecule has 6 nitrogen and oxygen atoms in total. The zero-order valence-electron chi connectivity index (χ0n) is 14.6. The molecule has 1 amide bonds. The highest BCUT2D eigenvalue weighted by Crippen LogP contribution is 2.31. The average Bonchev–Trinajstić information content (AvgIpc) is 2.54. The molecule has 2 N–H and O–H groups in total. The Bertz CT molecular complexity index is 613. The smallest absolute Gasteiger partial charge is 0.283 e. The SMILES string of the molecule is CC(C)CCSc1ccc(C(=O)N2CCCC(N)C2)cc1[N+](=O)[O-].Cl. The summed E-state index contributed by atoms with van der Waals surface area (Å²) in [4.78, 5) is 25.9. The molecule has 1 fully saturated rings. The molecular weight excluding hydrogens is 362 g/mol. The predicted octanol–water partition coefficient (Wildman–Crippen LogP) is 3.72. The quantitative estimate of drug-likeness (QED) is 0.456. The van der Waals surface area contributed by atoms with E-state index in [0.29, 0.717) is 29.5 Å². The number of hydrogen-bond acceptors (Lipinski definition) is 5. The third-order valence-electron chi connectivity index (χ3n) is 4.10. The molecule has 0 radical (unpaired) electrons. The number of nitro benzene ring substituents is 1. The molecule has 0 spiro atoms. The molecule has 1 aliphatic heterocycles. The molecule has 0 aliphatic carbocycles. The first-order valence-corrected chi connectivity index (χ1v) is 9.33. The molecule has 1 heterocycles. The van der Waals surface area contributed by atoms with Crippen molar-refractivity contribution in [3.8, 4) is 0 Å². The van der Waals surface area contributed by atoms with E-state index in [1.165, 1.54) is 17.8 Å². The number of carbonyl (C=O) groups is 1. The maximum absolute atomic E-state index is 12.6. The lowest BCUT2D eigenvalue weighted by atomic mass is 10.1. The Hall–Kier alpha value is -1.31. The van der Waals surface area contributed by atoms with Crippen molar-refractivity contribution in [2.45, 2.75) is 44.0 Å². The second kappa shape index (κ2) is 9.99. The third-order valence-corrected chi connectivity index (χ3v) is 5.20. The Morgan fingerprint density at radius 1 is 1.48 bits per heavy atom. The van der Waals surface area contributed by atoms with E-state index >= 15 is 0 Å². The van der Waals surface area contributed by atoms with Gasteiger partial charge in [-0.3, -0.25) is 14.9 Å². The van der Waals surface area contributed by atoms with Crippen molar-refractivity contribution in [2.75, 3.05) is 18.8 Å². The Kier molecular flexibility index (Phi) is 8.68. The summed E-state index contributed by atoms with van der Waals surface area (Å²) in [5, 5.41) is 11.4. The molecule has 0 bridgehead atoms. The molecule has 1 saturated heterocycles. The molecule has 1 unspecified atom stereocenters. The van der Waals surface area contributed by atoms with Gasteiger partial charge in [-0.2, -0.15) is 0 Å². The van der Waals surface area contributed by atoms with E-state index in [9.17, 15) is 14.9 Å². The molecule has 25 heavy (non-hydrogen) atoms. The minimum absolute atomic E-state index is 0. The second-order valence-corrected chi connectivity index (χ2v) is 7.76. The number of nitrogens with zero attached hydrogens (tertiary/aromatic N) is 2. The largest absolute Gasteiger partial charge is 0.337 e. The number of nitrogens with two attached hydrogens (primary N) is 1. The number of amides is 1. The summed E-state index contributed by atoms with van der Waals surface area (Å²) in [5.41, 5.74) is 6.29. The van der Waals surface area contributed by atoms with Crippen molar-refractivity contribution in [1.82, 2.24) is 4.90 Å². The van der Waals surface area contributed by atoms with Crippen LogP contribution in [0.3, 0.4) is 0 Å². The topological polar surface area (TPSA) is 89.5 Å². The van der Waals surface area contributed by atoms with Crippen LogP contribution in [0.2, 0.25) is 0 Å². The number of nitro groups is 1. The van der Waals surface area contributed by atoms with E-state index in [-0.39, 0.29) is 30.0 Å². The number of carbonyl (C=O) groups excluding carboxylic acids is 1. The zero-order chi connectivity index (χ0) is 17.7. The van der Waals surface area contributed by atoms with Crippen LogP contribution in [0.4, 0.5) is 5.69 Å². The van der Waals surface area contributed by atoms with Crippen molar-refractivity contribution in [3.05, 3.63) is 33.9 Å². The van der Waals surface area contributed by atoms with E-state index in [1.54, 1.807) is 17.0 Å². The van der Waals surface area contributed by atoms with Crippen LogP contribution in [-0.2, 0) is 0 Å². The van der Waals surface area contributed by atoms with Crippen molar-refractivity contribution >= 4 is 35.8 Å². The Morgan fingerprint density at radius 2 is 2.20 bits per heavy atom. The maximum Gasteiger partial charge on any atom is 0.283 e. The predicted molar refractivity (Wildman–Crippen MR) is 104 cm³/mol. The number of likely N-dealkylation sites (tertiary alicyclic amines) is 1. The fourth-order valence-electron chi connectivity index (χ4n) is 2.70. The third kappa shape index (κ3) is 6.17. The van der Waals surface area contributed by atoms with Crippen LogP contribution < -0.4 is 5.73 Å². The van der Waals surface area contributed by atoms with Gasteiger partial charge in [0, 0.05) is 30.8 Å². The summed E-state index contributed by atoms with van der Waals surface area (Å²) in [7, 11) is 0. The normalized spacial score (nSPS) is 17.3. The number of hydrogen-bond donors (Lipinski definition) is 1. The number of piperidine rings is 1. The molecular formula is C17H26ClN3O3S. The van der Waals surface area contributed by atoms with Crippen LogP contribution >= 0.6 is 24.2 Å². The van der Waals surface area contributed by atoms with Gasteiger partial charge in [-0.05, 0) is 43.1 Å². The Balaban J connectivity index is 0.00000312. The minimum atomic E-state index is -0.406. The second-order valence-electron chi connectivity index (χ2n) is 6.62. The summed E-state index contributed by atoms with van der Waals surface area (Å²) in [6, 6.07) is 4.77. The lowest BCUT2D eigenvalue weighted by Crippen LogP contribution is -2.45. The standard InChI is InChI=1S/C17H25N3O3S.ClH/c1-12(2)7-9-24-16-6-5-13(10-15(16)20(22)23)17(21)19-8-3-4-14(18)11-19;/h5-6,10,12,14H,3-4,7-9,11,18H2,1-2H3;1H. The molecule has 1 aromatic rings. The molecule has 8 heteroatoms. The van der Waals surface area contributed by atoms with Gasteiger partial charge in [0.25, 0.3) is 11.6 Å². The van der Waals surface area contributed by atoms with Crippen molar-refractivity contribution in [3.63, 3.8) is 0 Å². The number of benzene rings is 1. The molecule has 1 aliphatic rings. The van der Waals surface area contributed by atoms with Crippen LogP contribution in [0.1, 0.15) is 43.5 Å². The van der Waals surface area contributed by atoms with Gasteiger partial charge < -0.3 is 10.6 Å². The van der Waals surface area contributed by atoms with Crippen LogP contribution in [0.15, 0.2) is 23.1 Å². The Labute approximate surface area is 159 Å². The maximum atomic E-state index is 12.6. The van der Waals surface area contributed by atoms with E-state index in [2.05, 4.69) is 13.8 Å². The molecule has 1 atom stereocenters. The highest BCUT2D eigenvalue weighted by atomic mass is 35.5. The highest BCUT2D eigenvalue weighted by molar-refractivity contribution is 7.99. The Morgan fingerprint density at radius 3 is 2.80 bits per heavy atom. The summed E-state index contributed by atoms with van der Waals surface area (Å²) in [5.74, 6) is 1.21. The lowest BCUT2D eigenvalue weighted by molar-refractivity contribution is -0.387. The van der Waals surface area contributed by atoms with Gasteiger partial charge in [-0.1, -0.05) is 13.8 Å².